The lowest BCUT2D eigenvalue weighted by molar-refractivity contribution is -0.137. The Labute approximate surface area is 374 Å². The lowest BCUT2D eigenvalue weighted by atomic mass is 9.90. The Morgan fingerprint density at radius 2 is 0.879 bits per heavy atom. The maximum absolute atomic E-state index is 15.2. The molecule has 0 aliphatic carbocycles. The fourth-order valence-corrected chi connectivity index (χ4v) is 9.13. The Hall–Kier alpha value is -9.91. The molecule has 0 N–H and O–H groups in total. The summed E-state index contributed by atoms with van der Waals surface area (Å²) in [6.45, 7) is 0. The van der Waals surface area contributed by atoms with Crippen molar-refractivity contribution in [1.29, 1.82) is 31.6 Å². The number of hydrogen-bond acceptors (Lipinski definition) is 6. The summed E-state index contributed by atoms with van der Waals surface area (Å²) in [5.74, 6) is 0. The van der Waals surface area contributed by atoms with Crippen LogP contribution in [-0.4, -0.2) is 9.13 Å². The van der Waals surface area contributed by atoms with Gasteiger partial charge in [-0.25, -0.2) is 0 Å². The van der Waals surface area contributed by atoms with Crippen LogP contribution in [0, 0.1) is 68.0 Å². The van der Waals surface area contributed by atoms with Gasteiger partial charge in [0.05, 0.1) is 97.2 Å². The van der Waals surface area contributed by atoms with Gasteiger partial charge in [0.1, 0.15) is 11.6 Å². The second kappa shape index (κ2) is 15.5. The summed E-state index contributed by atoms with van der Waals surface area (Å²) in [6.07, 6.45) is -4.90. The molecular formula is C55H25F3N8. The number of rotatable bonds is 5. The first-order chi connectivity index (χ1) is 32.1. The molecule has 0 saturated carbocycles. The van der Waals surface area contributed by atoms with Crippen LogP contribution in [0.2, 0.25) is 0 Å². The molecular weight excluding hydrogens is 830 g/mol. The van der Waals surface area contributed by atoms with Crippen molar-refractivity contribution in [2.45, 2.75) is 6.18 Å². The van der Waals surface area contributed by atoms with Gasteiger partial charge in [0.25, 0.3) is 0 Å². The van der Waals surface area contributed by atoms with E-state index in [1.54, 1.807) is 41.0 Å². The number of para-hydroxylation sites is 2. The molecule has 0 fully saturated rings. The Morgan fingerprint density at radius 3 is 1.36 bits per heavy atom. The number of nitriles is 6. The van der Waals surface area contributed by atoms with Crippen LogP contribution < -0.4 is 0 Å². The molecule has 8 nitrogen and oxygen atoms in total. The van der Waals surface area contributed by atoms with Crippen molar-refractivity contribution in [2.75, 3.05) is 0 Å². The van der Waals surface area contributed by atoms with Crippen LogP contribution in [0.25, 0.3) is 88.4 Å². The molecule has 0 atom stereocenters. The third-order valence-electron chi connectivity index (χ3n) is 11.9. The van der Waals surface area contributed by atoms with Gasteiger partial charge in [-0.1, -0.05) is 72.8 Å². The second-order valence-corrected chi connectivity index (χ2v) is 15.5. The van der Waals surface area contributed by atoms with Gasteiger partial charge < -0.3 is 9.13 Å². The van der Waals surface area contributed by atoms with Crippen LogP contribution in [0.1, 0.15) is 38.9 Å². The highest BCUT2D eigenvalue weighted by Gasteiger charge is 2.36. The third kappa shape index (κ3) is 6.34. The highest BCUT2D eigenvalue weighted by molar-refractivity contribution is 6.13. The van der Waals surface area contributed by atoms with Crippen molar-refractivity contribution in [3.05, 3.63) is 191 Å². The molecule has 306 valence electrons. The minimum atomic E-state index is -4.90. The van der Waals surface area contributed by atoms with E-state index in [0.717, 1.165) is 22.2 Å². The molecule has 10 aromatic rings. The minimum absolute atomic E-state index is 0.00836. The molecule has 2 heterocycles. The van der Waals surface area contributed by atoms with Gasteiger partial charge in [0.2, 0.25) is 0 Å². The summed E-state index contributed by atoms with van der Waals surface area (Å²) >= 11 is 0. The fourth-order valence-electron chi connectivity index (χ4n) is 9.13. The van der Waals surface area contributed by atoms with E-state index in [0.29, 0.717) is 66.5 Å². The summed E-state index contributed by atoms with van der Waals surface area (Å²) in [7, 11) is 0. The van der Waals surface area contributed by atoms with E-state index in [9.17, 15) is 31.6 Å². The monoisotopic (exact) mass is 854 g/mol. The number of halogens is 3. The van der Waals surface area contributed by atoms with Crippen LogP contribution in [0.5, 0.6) is 0 Å². The molecule has 11 heteroatoms. The van der Waals surface area contributed by atoms with Gasteiger partial charge >= 0.3 is 6.18 Å². The van der Waals surface area contributed by atoms with Crippen LogP contribution in [0.4, 0.5) is 13.2 Å². The van der Waals surface area contributed by atoms with Crippen molar-refractivity contribution in [3.8, 4) is 81.2 Å². The second-order valence-electron chi connectivity index (χ2n) is 15.5. The minimum Gasteiger partial charge on any atom is -0.308 e. The lowest BCUT2D eigenvalue weighted by Gasteiger charge is -2.22. The molecule has 0 bridgehead atoms. The number of hydrogen-bond donors (Lipinski definition) is 0. The highest BCUT2D eigenvalue weighted by atomic mass is 19.4. The third-order valence-corrected chi connectivity index (χ3v) is 11.9. The normalized spacial score (nSPS) is 11.2. The molecule has 0 unspecified atom stereocenters. The van der Waals surface area contributed by atoms with Crippen LogP contribution in [0.3, 0.4) is 0 Å². The van der Waals surface area contributed by atoms with Crippen LogP contribution >= 0.6 is 0 Å². The highest BCUT2D eigenvalue weighted by Crippen LogP contribution is 2.47. The molecule has 0 radical (unpaired) electrons. The summed E-state index contributed by atoms with van der Waals surface area (Å²) in [5.41, 5.74) is 4.59. The van der Waals surface area contributed by atoms with Gasteiger partial charge in [0, 0.05) is 32.7 Å². The Balaban J connectivity index is 1.37. The zero-order chi connectivity index (χ0) is 45.9. The fraction of sp³-hybridized carbons (Fsp3) is 0.0182. The molecule has 10 rings (SSSR count). The van der Waals surface area contributed by atoms with E-state index in [1.807, 2.05) is 89.5 Å². The number of aromatic nitrogens is 2. The quantitative estimate of drug-likeness (QED) is 0.168. The van der Waals surface area contributed by atoms with Gasteiger partial charge in [-0.3, -0.25) is 0 Å². The van der Waals surface area contributed by atoms with Gasteiger partial charge in [0.15, 0.2) is 0 Å². The first-order valence-corrected chi connectivity index (χ1v) is 20.2. The first kappa shape index (κ1) is 40.2. The number of benzene rings is 8. The lowest BCUT2D eigenvalue weighted by Crippen LogP contribution is -2.11. The number of alkyl halides is 3. The zero-order valence-electron chi connectivity index (χ0n) is 34.1. The van der Waals surface area contributed by atoms with Crippen molar-refractivity contribution >= 4 is 43.6 Å². The SMILES string of the molecule is N#Cc1cc(C#N)cc(-c2ccc3c4ccccc4n(-c4ccc(-c5c(C#N)cccc5C(F)(F)F)c(-n5c6ccccc6c6ccc(-c7cc(C#N)cc(C#N)c7)cc65)c4C#N)c3c2)c1. The summed E-state index contributed by atoms with van der Waals surface area (Å²) in [5, 5.41) is 64.4. The topological polar surface area (TPSA) is 153 Å². The van der Waals surface area contributed by atoms with Crippen molar-refractivity contribution in [2.24, 2.45) is 0 Å². The molecule has 0 aliphatic rings. The van der Waals surface area contributed by atoms with Crippen molar-refractivity contribution < 1.29 is 13.2 Å². The van der Waals surface area contributed by atoms with Gasteiger partial charge in [-0.05, 0) is 101 Å². The molecule has 0 saturated heterocycles. The Morgan fingerprint density at radius 1 is 0.394 bits per heavy atom. The molecule has 66 heavy (non-hydrogen) atoms. The van der Waals surface area contributed by atoms with E-state index in [-0.39, 0.29) is 33.5 Å². The molecule has 0 spiro atoms. The smallest absolute Gasteiger partial charge is 0.308 e. The number of nitrogens with zero attached hydrogens (tertiary/aromatic N) is 8. The van der Waals surface area contributed by atoms with E-state index in [4.69, 9.17) is 0 Å². The van der Waals surface area contributed by atoms with Crippen molar-refractivity contribution in [1.82, 2.24) is 9.13 Å². The molecule has 0 aliphatic heterocycles. The predicted octanol–water partition coefficient (Wildman–Crippen LogP) is 13.1. The standard InChI is InChI=1S/C55H25F3N8/c56-55(57,58)47-9-5-6-38(30-63)53(47)45-16-17-50(65-48-10-3-1-7-41(48)43-14-12-36(24-51(43)65)39-20-32(26-59)18-33(21-39)27-60)46(31-64)54(45)66-49-11-4-2-8-42(49)44-15-13-37(25-52(44)66)40-22-34(28-61)19-35(23-40)29-62/h1-25H. The zero-order valence-corrected chi connectivity index (χ0v) is 34.1. The largest absolute Gasteiger partial charge is 0.417 e. The summed E-state index contributed by atoms with van der Waals surface area (Å²) in [6, 6.07) is 55.1. The molecule has 2 aromatic heterocycles. The Bertz CT molecular complexity index is 3950. The average molecular weight is 855 g/mol. The predicted molar refractivity (Wildman–Crippen MR) is 245 cm³/mol. The van der Waals surface area contributed by atoms with E-state index < -0.39 is 17.3 Å². The van der Waals surface area contributed by atoms with Crippen molar-refractivity contribution in [3.63, 3.8) is 0 Å². The summed E-state index contributed by atoms with van der Waals surface area (Å²) < 4.78 is 49.4. The average Bonchev–Trinajstić information content (AvgIpc) is 3.86. The number of fused-ring (bicyclic) bond motifs is 6. The maximum Gasteiger partial charge on any atom is 0.417 e. The van der Waals surface area contributed by atoms with E-state index in [1.165, 1.54) is 30.3 Å². The van der Waals surface area contributed by atoms with E-state index >= 15 is 13.2 Å². The van der Waals surface area contributed by atoms with Crippen LogP contribution in [0.15, 0.2) is 152 Å². The first-order valence-electron chi connectivity index (χ1n) is 20.2. The molecule has 0 amide bonds. The maximum atomic E-state index is 15.2. The van der Waals surface area contributed by atoms with E-state index in [2.05, 4.69) is 30.3 Å². The summed E-state index contributed by atoms with van der Waals surface area (Å²) in [4.78, 5) is 0. The Kier molecular flexibility index (Phi) is 9.41. The van der Waals surface area contributed by atoms with Gasteiger partial charge in [-0.2, -0.15) is 44.7 Å². The van der Waals surface area contributed by atoms with Gasteiger partial charge in [-0.15, -0.1) is 0 Å². The molecule has 8 aromatic carbocycles. The van der Waals surface area contributed by atoms with Crippen LogP contribution in [-0.2, 0) is 6.18 Å².